The van der Waals surface area contributed by atoms with E-state index in [1.807, 2.05) is 42.5 Å². The van der Waals surface area contributed by atoms with Crippen LogP contribution in [0.2, 0.25) is 0 Å². The van der Waals surface area contributed by atoms with Crippen molar-refractivity contribution >= 4 is 11.9 Å². The van der Waals surface area contributed by atoms with E-state index in [9.17, 15) is 9.59 Å². The number of ether oxygens (including phenoxy) is 1. The maximum Gasteiger partial charge on any atom is 0.328 e. The lowest BCUT2D eigenvalue weighted by molar-refractivity contribution is -0.143. The van der Waals surface area contributed by atoms with Crippen molar-refractivity contribution in [2.45, 2.75) is 38.6 Å². The van der Waals surface area contributed by atoms with Crippen molar-refractivity contribution < 1.29 is 14.3 Å². The number of nitrogens with one attached hydrogen (secondary N) is 1. The van der Waals surface area contributed by atoms with Gasteiger partial charge in [0.2, 0.25) is 0 Å². The van der Waals surface area contributed by atoms with Crippen LogP contribution in [0.25, 0.3) is 0 Å². The lowest BCUT2D eigenvalue weighted by Gasteiger charge is -2.17. The largest absolute Gasteiger partial charge is 0.467 e. The third kappa shape index (κ3) is 5.45. The molecular formula is C21H25NO3. The van der Waals surface area contributed by atoms with Crippen molar-refractivity contribution in [3.63, 3.8) is 0 Å². The fourth-order valence-corrected chi connectivity index (χ4v) is 2.61. The fourth-order valence-electron chi connectivity index (χ4n) is 2.61. The fraction of sp³-hybridized carbons (Fsp3) is 0.333. The number of benzene rings is 2. The van der Waals surface area contributed by atoms with Gasteiger partial charge in [0.05, 0.1) is 7.11 Å². The first-order chi connectivity index (χ1) is 12.0. The molecule has 0 aliphatic heterocycles. The Morgan fingerprint density at radius 2 is 1.64 bits per heavy atom. The molecule has 1 unspecified atom stereocenters. The molecule has 0 bridgehead atoms. The number of hydrogen-bond acceptors (Lipinski definition) is 3. The van der Waals surface area contributed by atoms with Crippen molar-refractivity contribution in [3.8, 4) is 0 Å². The Hall–Kier alpha value is -2.62. The molecule has 2 aromatic carbocycles. The summed E-state index contributed by atoms with van der Waals surface area (Å²) in [6.07, 6.45) is 1.18. The third-order valence-electron chi connectivity index (χ3n) is 4.20. The summed E-state index contributed by atoms with van der Waals surface area (Å²) in [7, 11) is 1.33. The highest BCUT2D eigenvalue weighted by molar-refractivity contribution is 5.96. The predicted molar refractivity (Wildman–Crippen MR) is 98.6 cm³/mol. The topological polar surface area (TPSA) is 55.4 Å². The van der Waals surface area contributed by atoms with E-state index in [2.05, 4.69) is 19.2 Å². The summed E-state index contributed by atoms with van der Waals surface area (Å²) in [6, 6.07) is 16.7. The molecular weight excluding hydrogens is 314 g/mol. The number of methoxy groups -OCH3 is 1. The van der Waals surface area contributed by atoms with E-state index in [-0.39, 0.29) is 5.91 Å². The Balaban J connectivity index is 2.02. The first-order valence-corrected chi connectivity index (χ1v) is 8.54. The minimum absolute atomic E-state index is 0.265. The second-order valence-corrected chi connectivity index (χ2v) is 6.35. The first-order valence-electron chi connectivity index (χ1n) is 8.54. The number of rotatable bonds is 7. The number of hydrogen-bond donors (Lipinski definition) is 1. The van der Waals surface area contributed by atoms with Gasteiger partial charge in [0, 0.05) is 5.56 Å². The number of carbonyl (C=O) groups is 2. The van der Waals surface area contributed by atoms with Gasteiger partial charge < -0.3 is 10.1 Å². The SMILES string of the molecule is COC(=O)C(CCc1ccccc1)NC(=O)c1ccc(C(C)C)cc1. The molecule has 0 aliphatic rings. The van der Waals surface area contributed by atoms with Crippen LogP contribution in [0, 0.1) is 0 Å². The zero-order chi connectivity index (χ0) is 18.2. The maximum atomic E-state index is 12.4. The van der Waals surface area contributed by atoms with Crippen molar-refractivity contribution in [1.29, 1.82) is 0 Å². The molecule has 0 radical (unpaired) electrons. The highest BCUT2D eigenvalue weighted by Crippen LogP contribution is 2.15. The van der Waals surface area contributed by atoms with Crippen LogP contribution >= 0.6 is 0 Å². The average molecular weight is 339 g/mol. The van der Waals surface area contributed by atoms with E-state index in [1.165, 1.54) is 12.7 Å². The van der Waals surface area contributed by atoms with Crippen LogP contribution in [-0.2, 0) is 16.0 Å². The van der Waals surface area contributed by atoms with Gasteiger partial charge in [-0.2, -0.15) is 0 Å². The summed E-state index contributed by atoms with van der Waals surface area (Å²) in [6.45, 7) is 4.21. The van der Waals surface area contributed by atoms with Crippen molar-refractivity contribution in [3.05, 3.63) is 71.3 Å². The van der Waals surface area contributed by atoms with Crippen LogP contribution in [-0.4, -0.2) is 25.0 Å². The molecule has 4 heteroatoms. The minimum atomic E-state index is -0.664. The Morgan fingerprint density at radius 1 is 1.00 bits per heavy atom. The first kappa shape index (κ1) is 18.7. The zero-order valence-corrected chi connectivity index (χ0v) is 15.0. The highest BCUT2D eigenvalue weighted by Gasteiger charge is 2.22. The maximum absolute atomic E-state index is 12.4. The van der Waals surface area contributed by atoms with Gasteiger partial charge in [-0.05, 0) is 42.0 Å². The molecule has 0 heterocycles. The van der Waals surface area contributed by atoms with Crippen LogP contribution in [0.1, 0.15) is 47.7 Å². The second-order valence-electron chi connectivity index (χ2n) is 6.35. The zero-order valence-electron chi connectivity index (χ0n) is 15.0. The molecule has 0 spiro atoms. The van der Waals surface area contributed by atoms with Gasteiger partial charge in [-0.25, -0.2) is 4.79 Å². The van der Waals surface area contributed by atoms with Crippen LogP contribution < -0.4 is 5.32 Å². The van der Waals surface area contributed by atoms with Crippen molar-refractivity contribution in [2.24, 2.45) is 0 Å². The Labute approximate surface area is 149 Å². The van der Waals surface area contributed by atoms with Gasteiger partial charge >= 0.3 is 5.97 Å². The van der Waals surface area contributed by atoms with Crippen LogP contribution in [0.15, 0.2) is 54.6 Å². The van der Waals surface area contributed by atoms with Gasteiger partial charge in [-0.1, -0.05) is 56.3 Å². The van der Waals surface area contributed by atoms with Crippen LogP contribution in [0.5, 0.6) is 0 Å². The van der Waals surface area contributed by atoms with Crippen molar-refractivity contribution in [1.82, 2.24) is 5.32 Å². The lowest BCUT2D eigenvalue weighted by atomic mass is 10.0. The molecule has 132 valence electrons. The summed E-state index contributed by atoms with van der Waals surface area (Å²) in [5, 5.41) is 2.79. The van der Waals surface area contributed by atoms with Crippen LogP contribution in [0.4, 0.5) is 0 Å². The van der Waals surface area contributed by atoms with E-state index in [4.69, 9.17) is 4.74 Å². The second kappa shape index (κ2) is 9.02. The summed E-state index contributed by atoms with van der Waals surface area (Å²) in [4.78, 5) is 24.5. The summed E-state index contributed by atoms with van der Waals surface area (Å²) >= 11 is 0. The van der Waals surface area contributed by atoms with E-state index in [0.29, 0.717) is 24.3 Å². The minimum Gasteiger partial charge on any atom is -0.467 e. The average Bonchev–Trinajstić information content (AvgIpc) is 2.65. The monoisotopic (exact) mass is 339 g/mol. The number of carbonyl (C=O) groups excluding carboxylic acids is 2. The van der Waals surface area contributed by atoms with E-state index >= 15 is 0 Å². The van der Waals surface area contributed by atoms with Crippen LogP contribution in [0.3, 0.4) is 0 Å². The quantitative estimate of drug-likeness (QED) is 0.782. The van der Waals surface area contributed by atoms with Gasteiger partial charge in [-0.15, -0.1) is 0 Å². The highest BCUT2D eigenvalue weighted by atomic mass is 16.5. The molecule has 0 fully saturated rings. The molecule has 1 amide bonds. The summed E-state index contributed by atoms with van der Waals surface area (Å²) < 4.78 is 4.83. The molecule has 4 nitrogen and oxygen atoms in total. The van der Waals surface area contributed by atoms with E-state index in [1.54, 1.807) is 12.1 Å². The van der Waals surface area contributed by atoms with E-state index in [0.717, 1.165) is 5.56 Å². The summed E-state index contributed by atoms with van der Waals surface area (Å²) in [5.41, 5.74) is 2.83. The lowest BCUT2D eigenvalue weighted by Crippen LogP contribution is -2.41. The van der Waals surface area contributed by atoms with Crippen molar-refractivity contribution in [2.75, 3.05) is 7.11 Å². The molecule has 0 saturated carbocycles. The summed E-state index contributed by atoms with van der Waals surface area (Å²) in [5.74, 6) is -0.285. The predicted octanol–water partition coefficient (Wildman–Crippen LogP) is 3.71. The van der Waals surface area contributed by atoms with E-state index < -0.39 is 12.0 Å². The number of esters is 1. The molecule has 2 aromatic rings. The molecule has 2 rings (SSSR count). The smallest absolute Gasteiger partial charge is 0.328 e. The standard InChI is InChI=1S/C21H25NO3/c1-15(2)17-10-12-18(13-11-17)20(23)22-19(21(24)25-3)14-9-16-7-5-4-6-8-16/h4-8,10-13,15,19H,9,14H2,1-3H3,(H,22,23). The molecule has 0 aliphatic carbocycles. The van der Waals surface area contributed by atoms with Gasteiger partial charge in [-0.3, -0.25) is 4.79 Å². The Kier molecular flexibility index (Phi) is 6.75. The molecule has 1 N–H and O–H groups in total. The Bertz CT molecular complexity index is 693. The molecule has 1 atom stereocenters. The number of aryl methyl sites for hydroxylation is 1. The van der Waals surface area contributed by atoms with Gasteiger partial charge in [0.1, 0.15) is 6.04 Å². The third-order valence-corrected chi connectivity index (χ3v) is 4.20. The number of amides is 1. The molecule has 25 heavy (non-hydrogen) atoms. The normalized spacial score (nSPS) is 11.8. The van der Waals surface area contributed by atoms with Gasteiger partial charge in [0.25, 0.3) is 5.91 Å². The molecule has 0 saturated heterocycles. The molecule has 0 aromatic heterocycles. The van der Waals surface area contributed by atoms with Gasteiger partial charge in [0.15, 0.2) is 0 Å². The Morgan fingerprint density at radius 3 is 2.20 bits per heavy atom.